The van der Waals surface area contributed by atoms with Gasteiger partial charge in [0.25, 0.3) is 0 Å². The molecule has 0 aliphatic rings. The Hall–Kier alpha value is -0.500. The van der Waals surface area contributed by atoms with E-state index in [4.69, 9.17) is 11.6 Å². The van der Waals surface area contributed by atoms with Crippen molar-refractivity contribution in [2.45, 2.75) is 33.2 Å². The zero-order chi connectivity index (χ0) is 8.27. The number of imidazole rings is 1. The summed E-state index contributed by atoms with van der Waals surface area (Å²) in [5, 5.41) is 0.746. The molecule has 0 radical (unpaired) electrons. The van der Waals surface area contributed by atoms with Crippen LogP contribution in [0.3, 0.4) is 0 Å². The predicted molar refractivity (Wildman–Crippen MR) is 46.9 cm³/mol. The first-order valence-electron chi connectivity index (χ1n) is 3.99. The highest BCUT2D eigenvalue weighted by molar-refractivity contribution is 6.29. The van der Waals surface area contributed by atoms with E-state index in [0.29, 0.717) is 0 Å². The number of aromatic nitrogens is 2. The van der Waals surface area contributed by atoms with Crippen LogP contribution in [0.1, 0.15) is 26.1 Å². The first-order chi connectivity index (χ1) is 5.29. The number of hydrogen-bond donors (Lipinski definition) is 0. The maximum absolute atomic E-state index is 5.88. The monoisotopic (exact) mass is 172 g/mol. The molecule has 3 heteroatoms. The lowest BCUT2D eigenvalue weighted by molar-refractivity contribution is 0.684. The molecule has 0 aliphatic heterocycles. The Bertz CT molecular complexity index is 230. The second kappa shape index (κ2) is 3.77. The molecule has 0 unspecified atom stereocenters. The molecular formula is C8H13ClN2. The van der Waals surface area contributed by atoms with Crippen molar-refractivity contribution in [1.82, 2.24) is 9.55 Å². The van der Waals surface area contributed by atoms with Crippen LogP contribution in [0.25, 0.3) is 0 Å². The van der Waals surface area contributed by atoms with Crippen molar-refractivity contribution in [2.75, 3.05) is 0 Å². The minimum atomic E-state index is 0.746. The minimum absolute atomic E-state index is 0.746. The molecule has 0 spiro atoms. The average molecular weight is 173 g/mol. The van der Waals surface area contributed by atoms with Gasteiger partial charge in [0, 0.05) is 13.0 Å². The van der Waals surface area contributed by atoms with E-state index in [9.17, 15) is 0 Å². The van der Waals surface area contributed by atoms with E-state index < -0.39 is 0 Å². The van der Waals surface area contributed by atoms with Gasteiger partial charge in [-0.05, 0) is 13.3 Å². The molecule has 0 fully saturated rings. The molecule has 0 aromatic carbocycles. The molecule has 0 aliphatic carbocycles. The summed E-state index contributed by atoms with van der Waals surface area (Å²) in [6.45, 7) is 5.13. The molecular weight excluding hydrogens is 160 g/mol. The van der Waals surface area contributed by atoms with Gasteiger partial charge in [0.1, 0.15) is 11.0 Å². The fourth-order valence-electron chi connectivity index (χ4n) is 1.15. The van der Waals surface area contributed by atoms with E-state index in [1.807, 2.05) is 4.57 Å². The van der Waals surface area contributed by atoms with Crippen molar-refractivity contribution in [3.05, 3.63) is 17.2 Å². The topological polar surface area (TPSA) is 17.8 Å². The summed E-state index contributed by atoms with van der Waals surface area (Å²) in [5.41, 5.74) is 0. The third-order valence-corrected chi connectivity index (χ3v) is 1.98. The van der Waals surface area contributed by atoms with Crippen LogP contribution in [-0.4, -0.2) is 9.55 Å². The summed E-state index contributed by atoms with van der Waals surface area (Å²) in [5.74, 6) is 1.10. The molecule has 0 saturated heterocycles. The summed E-state index contributed by atoms with van der Waals surface area (Å²) >= 11 is 5.88. The number of hydrogen-bond acceptors (Lipinski definition) is 1. The highest BCUT2D eigenvalue weighted by atomic mass is 35.5. The molecule has 1 heterocycles. The molecule has 1 aromatic rings. The summed E-state index contributed by atoms with van der Waals surface area (Å²) in [7, 11) is 0. The van der Waals surface area contributed by atoms with Crippen LogP contribution in [-0.2, 0) is 13.0 Å². The van der Waals surface area contributed by atoms with Crippen molar-refractivity contribution in [3.8, 4) is 0 Å². The molecule has 0 atom stereocenters. The van der Waals surface area contributed by atoms with Gasteiger partial charge < -0.3 is 4.57 Å². The Balaban J connectivity index is 2.86. The lowest BCUT2D eigenvalue weighted by Gasteiger charge is -2.03. The Kier molecular flexibility index (Phi) is 2.94. The van der Waals surface area contributed by atoms with Crippen molar-refractivity contribution < 1.29 is 0 Å². The van der Waals surface area contributed by atoms with Crippen molar-refractivity contribution in [2.24, 2.45) is 0 Å². The Labute approximate surface area is 72.2 Å². The lowest BCUT2D eigenvalue weighted by Crippen LogP contribution is -2.01. The standard InChI is InChI=1S/C8H13ClN2/c1-3-5-8-10-6-7(9)11(8)4-2/h6H,3-5H2,1-2H3. The van der Waals surface area contributed by atoms with Crippen molar-refractivity contribution in [3.63, 3.8) is 0 Å². The minimum Gasteiger partial charge on any atom is -0.319 e. The normalized spacial score (nSPS) is 10.5. The van der Waals surface area contributed by atoms with E-state index in [-0.39, 0.29) is 0 Å². The highest BCUT2D eigenvalue weighted by Gasteiger charge is 2.03. The number of aryl methyl sites for hydroxylation is 1. The molecule has 0 amide bonds. The first kappa shape index (κ1) is 8.60. The van der Waals surface area contributed by atoms with Crippen LogP contribution < -0.4 is 0 Å². The SMILES string of the molecule is CCCc1ncc(Cl)n1CC. The van der Waals surface area contributed by atoms with Gasteiger partial charge in [0.2, 0.25) is 0 Å². The van der Waals surface area contributed by atoms with Gasteiger partial charge in [0.05, 0.1) is 6.20 Å². The molecule has 2 nitrogen and oxygen atoms in total. The van der Waals surface area contributed by atoms with E-state index >= 15 is 0 Å². The molecule has 11 heavy (non-hydrogen) atoms. The Morgan fingerprint density at radius 2 is 2.27 bits per heavy atom. The van der Waals surface area contributed by atoms with Gasteiger partial charge in [-0.3, -0.25) is 0 Å². The maximum Gasteiger partial charge on any atom is 0.128 e. The van der Waals surface area contributed by atoms with Crippen LogP contribution in [0.5, 0.6) is 0 Å². The Morgan fingerprint density at radius 1 is 1.55 bits per heavy atom. The van der Waals surface area contributed by atoms with Crippen molar-refractivity contribution in [1.29, 1.82) is 0 Å². The van der Waals surface area contributed by atoms with Crippen LogP contribution in [0.4, 0.5) is 0 Å². The molecule has 0 bridgehead atoms. The number of rotatable bonds is 3. The largest absolute Gasteiger partial charge is 0.319 e. The summed E-state index contributed by atoms with van der Waals surface area (Å²) in [6, 6.07) is 0. The smallest absolute Gasteiger partial charge is 0.128 e. The predicted octanol–water partition coefficient (Wildman–Crippen LogP) is 2.51. The van der Waals surface area contributed by atoms with Gasteiger partial charge in [-0.2, -0.15) is 0 Å². The lowest BCUT2D eigenvalue weighted by atomic mass is 10.3. The van der Waals surface area contributed by atoms with Gasteiger partial charge >= 0.3 is 0 Å². The van der Waals surface area contributed by atoms with Gasteiger partial charge in [-0.15, -0.1) is 0 Å². The van der Waals surface area contributed by atoms with Crippen LogP contribution in [0.15, 0.2) is 6.20 Å². The second-order valence-corrected chi connectivity index (χ2v) is 2.88. The van der Waals surface area contributed by atoms with Crippen LogP contribution in [0, 0.1) is 0 Å². The quantitative estimate of drug-likeness (QED) is 0.685. The first-order valence-corrected chi connectivity index (χ1v) is 4.37. The van der Waals surface area contributed by atoms with Crippen LogP contribution in [0.2, 0.25) is 5.15 Å². The number of nitrogens with zero attached hydrogens (tertiary/aromatic N) is 2. The van der Waals surface area contributed by atoms with Crippen molar-refractivity contribution >= 4 is 11.6 Å². The highest BCUT2D eigenvalue weighted by Crippen LogP contribution is 2.12. The summed E-state index contributed by atoms with van der Waals surface area (Å²) in [4.78, 5) is 4.21. The Morgan fingerprint density at radius 3 is 2.82 bits per heavy atom. The summed E-state index contributed by atoms with van der Waals surface area (Å²) in [6.07, 6.45) is 3.85. The third kappa shape index (κ3) is 1.74. The van der Waals surface area contributed by atoms with E-state index in [0.717, 1.165) is 30.4 Å². The average Bonchev–Trinajstić information content (AvgIpc) is 2.33. The molecule has 62 valence electrons. The van der Waals surface area contributed by atoms with Crippen LogP contribution >= 0.6 is 11.6 Å². The van der Waals surface area contributed by atoms with E-state index in [1.165, 1.54) is 0 Å². The third-order valence-electron chi connectivity index (χ3n) is 1.68. The van der Waals surface area contributed by atoms with Gasteiger partial charge in [-0.25, -0.2) is 4.98 Å². The van der Waals surface area contributed by atoms with E-state index in [1.54, 1.807) is 6.20 Å². The molecule has 1 aromatic heterocycles. The zero-order valence-electron chi connectivity index (χ0n) is 6.97. The molecule has 0 N–H and O–H groups in total. The van der Waals surface area contributed by atoms with E-state index in [2.05, 4.69) is 18.8 Å². The second-order valence-electron chi connectivity index (χ2n) is 2.49. The maximum atomic E-state index is 5.88. The molecule has 1 rings (SSSR count). The fourth-order valence-corrected chi connectivity index (χ4v) is 1.41. The number of halogens is 1. The molecule has 0 saturated carbocycles. The fraction of sp³-hybridized carbons (Fsp3) is 0.625. The van der Waals surface area contributed by atoms with Gasteiger partial charge in [0.15, 0.2) is 0 Å². The zero-order valence-corrected chi connectivity index (χ0v) is 7.73. The summed E-state index contributed by atoms with van der Waals surface area (Å²) < 4.78 is 2.03. The van der Waals surface area contributed by atoms with Gasteiger partial charge in [-0.1, -0.05) is 18.5 Å².